The molecule has 0 unspecified atom stereocenters. The van der Waals surface area contributed by atoms with E-state index in [0.717, 1.165) is 56.4 Å². The molecule has 0 radical (unpaired) electrons. The minimum absolute atomic E-state index is 0.0506. The van der Waals surface area contributed by atoms with Crippen molar-refractivity contribution in [3.8, 4) is 45.3 Å². The van der Waals surface area contributed by atoms with E-state index < -0.39 is 0 Å². The molecule has 0 amide bonds. The van der Waals surface area contributed by atoms with Crippen molar-refractivity contribution in [2.24, 2.45) is 0 Å². The molecule has 0 aliphatic carbocycles. The second-order valence-corrected chi connectivity index (χ2v) is 13.2. The Labute approximate surface area is 278 Å². The molecule has 7 aromatic carbocycles. The fourth-order valence-electron chi connectivity index (χ4n) is 7.22. The van der Waals surface area contributed by atoms with Gasteiger partial charge in [0.25, 0.3) is 6.71 Å². The van der Waals surface area contributed by atoms with E-state index in [4.69, 9.17) is 9.47 Å². The quantitative estimate of drug-likeness (QED) is 0.184. The van der Waals surface area contributed by atoms with Gasteiger partial charge < -0.3 is 14.4 Å². The van der Waals surface area contributed by atoms with Crippen LogP contribution in [0.5, 0.6) is 23.0 Å². The zero-order valence-electron chi connectivity index (χ0n) is 25.3. The summed E-state index contributed by atoms with van der Waals surface area (Å²) < 4.78 is 13.7. The molecule has 3 nitrogen and oxygen atoms in total. The first kappa shape index (κ1) is 26.6. The Hall–Kier alpha value is -5.65. The summed E-state index contributed by atoms with van der Waals surface area (Å²) in [6.07, 6.45) is 0. The van der Waals surface area contributed by atoms with Gasteiger partial charge in [-0.05, 0) is 69.6 Å². The van der Waals surface area contributed by atoms with Crippen molar-refractivity contribution in [2.45, 2.75) is 9.79 Å². The number of fused-ring (bicyclic) bond motifs is 6. The maximum atomic E-state index is 6.84. The lowest BCUT2D eigenvalue weighted by Crippen LogP contribution is -2.57. The predicted octanol–water partition coefficient (Wildman–Crippen LogP) is 9.68. The molecule has 0 aromatic heterocycles. The van der Waals surface area contributed by atoms with Gasteiger partial charge in [0.15, 0.2) is 0 Å². The number of anilines is 3. The molecular weight excluding hydrogens is 593 g/mol. The fourth-order valence-corrected chi connectivity index (χ4v) is 8.28. The molecule has 5 heteroatoms. The first-order valence-corrected chi connectivity index (χ1v) is 16.7. The van der Waals surface area contributed by atoms with Crippen LogP contribution in [-0.4, -0.2) is 6.71 Å². The zero-order chi connectivity index (χ0) is 30.9. The van der Waals surface area contributed by atoms with Gasteiger partial charge in [0.05, 0.1) is 17.1 Å². The lowest BCUT2D eigenvalue weighted by molar-refractivity contribution is 0.465. The predicted molar refractivity (Wildman–Crippen MR) is 194 cm³/mol. The van der Waals surface area contributed by atoms with E-state index >= 15 is 0 Å². The summed E-state index contributed by atoms with van der Waals surface area (Å²) in [6.45, 7) is -0.0506. The molecule has 0 bridgehead atoms. The van der Waals surface area contributed by atoms with Gasteiger partial charge in [0, 0.05) is 27.4 Å². The number of ether oxygens (including phenoxy) is 2. The number of benzene rings is 7. The van der Waals surface area contributed by atoms with Crippen LogP contribution in [0.25, 0.3) is 22.3 Å². The van der Waals surface area contributed by atoms with Gasteiger partial charge in [-0.25, -0.2) is 0 Å². The van der Waals surface area contributed by atoms with Gasteiger partial charge in [-0.1, -0.05) is 121 Å². The Balaban J connectivity index is 1.19. The SMILES string of the molecule is c1ccc(-c2ccc3c(c2)B2c4cc(-c5ccccc5)ccc4Oc4cc(N5c6ccccc6Sc6ccccc65)cc(c42)O3)cc1. The molecule has 3 aliphatic heterocycles. The maximum Gasteiger partial charge on any atom is 0.260 e. The molecule has 3 heterocycles. The highest BCUT2D eigenvalue weighted by Crippen LogP contribution is 2.52. The van der Waals surface area contributed by atoms with E-state index in [0.29, 0.717) is 0 Å². The molecule has 0 saturated carbocycles. The van der Waals surface area contributed by atoms with E-state index in [1.165, 1.54) is 32.0 Å². The highest BCUT2D eigenvalue weighted by Gasteiger charge is 2.41. The van der Waals surface area contributed by atoms with E-state index in [-0.39, 0.29) is 6.71 Å². The molecule has 0 fully saturated rings. The molecule has 0 spiro atoms. The monoisotopic (exact) mass is 619 g/mol. The fraction of sp³-hybridized carbons (Fsp3) is 0. The second-order valence-electron chi connectivity index (χ2n) is 12.1. The summed E-state index contributed by atoms with van der Waals surface area (Å²) >= 11 is 1.81. The smallest absolute Gasteiger partial charge is 0.260 e. The largest absolute Gasteiger partial charge is 0.458 e. The van der Waals surface area contributed by atoms with Gasteiger partial charge in [-0.3, -0.25) is 0 Å². The van der Waals surface area contributed by atoms with Gasteiger partial charge in [-0.2, -0.15) is 0 Å². The Morgan fingerprint density at radius 1 is 0.426 bits per heavy atom. The van der Waals surface area contributed by atoms with Gasteiger partial charge >= 0.3 is 0 Å². The lowest BCUT2D eigenvalue weighted by atomic mass is 9.34. The molecule has 220 valence electrons. The van der Waals surface area contributed by atoms with Crippen LogP contribution in [0.1, 0.15) is 0 Å². The Bertz CT molecular complexity index is 2200. The van der Waals surface area contributed by atoms with Crippen LogP contribution in [-0.2, 0) is 0 Å². The third kappa shape index (κ3) is 4.24. The highest BCUT2D eigenvalue weighted by atomic mass is 32.2. The van der Waals surface area contributed by atoms with Crippen molar-refractivity contribution in [1.82, 2.24) is 0 Å². The third-order valence-electron chi connectivity index (χ3n) is 9.36. The third-order valence-corrected chi connectivity index (χ3v) is 10.5. The molecule has 0 atom stereocenters. The highest BCUT2D eigenvalue weighted by molar-refractivity contribution is 7.99. The van der Waals surface area contributed by atoms with Gasteiger partial charge in [0.1, 0.15) is 23.0 Å². The van der Waals surface area contributed by atoms with Crippen LogP contribution in [0.3, 0.4) is 0 Å². The number of rotatable bonds is 3. The number of hydrogen-bond donors (Lipinski definition) is 0. The second kappa shape index (κ2) is 10.4. The normalized spacial score (nSPS) is 13.3. The average molecular weight is 620 g/mol. The Kier molecular flexibility index (Phi) is 5.90. The van der Waals surface area contributed by atoms with Crippen LogP contribution in [0.4, 0.5) is 17.1 Å². The van der Waals surface area contributed by atoms with E-state index in [9.17, 15) is 0 Å². The van der Waals surface area contributed by atoms with Crippen LogP contribution in [0, 0.1) is 0 Å². The average Bonchev–Trinajstić information content (AvgIpc) is 3.14. The van der Waals surface area contributed by atoms with Crippen molar-refractivity contribution in [3.05, 3.63) is 158 Å². The standard InChI is InChI=1S/C42H26BNO2S/c1-3-11-27(12-4-1)29-19-21-36-32(23-29)43-33-24-30(28-13-5-2-6-14-28)20-22-37(33)46-39-26-31(25-38(45-36)42(39)43)44-34-15-7-9-17-40(34)47-41-18-10-8-16-35(41)44/h1-26H. The van der Waals surface area contributed by atoms with Crippen molar-refractivity contribution >= 4 is 51.9 Å². The Morgan fingerprint density at radius 3 is 1.40 bits per heavy atom. The molecule has 7 aromatic rings. The molecular formula is C42H26BNO2S. The Morgan fingerprint density at radius 2 is 0.894 bits per heavy atom. The molecule has 0 saturated heterocycles. The molecule has 3 aliphatic rings. The number of para-hydroxylation sites is 2. The van der Waals surface area contributed by atoms with Crippen LogP contribution in [0.15, 0.2) is 168 Å². The number of hydrogen-bond acceptors (Lipinski definition) is 4. The van der Waals surface area contributed by atoms with Gasteiger partial charge in [-0.15, -0.1) is 0 Å². The summed E-state index contributed by atoms with van der Waals surface area (Å²) in [5.41, 5.74) is 11.4. The maximum absolute atomic E-state index is 6.84. The zero-order valence-corrected chi connectivity index (χ0v) is 26.1. The summed E-state index contributed by atoms with van der Waals surface area (Å²) in [7, 11) is 0. The number of nitrogens with zero attached hydrogens (tertiary/aromatic N) is 1. The topological polar surface area (TPSA) is 21.7 Å². The first-order valence-electron chi connectivity index (χ1n) is 15.9. The van der Waals surface area contributed by atoms with E-state index in [1.54, 1.807) is 0 Å². The molecule has 10 rings (SSSR count). The van der Waals surface area contributed by atoms with Crippen LogP contribution < -0.4 is 30.8 Å². The van der Waals surface area contributed by atoms with E-state index in [2.05, 4.69) is 163 Å². The lowest BCUT2D eigenvalue weighted by Gasteiger charge is -2.37. The summed E-state index contributed by atoms with van der Waals surface area (Å²) in [6, 6.07) is 55.9. The minimum atomic E-state index is -0.0506. The van der Waals surface area contributed by atoms with Gasteiger partial charge in [0.2, 0.25) is 0 Å². The molecule has 0 N–H and O–H groups in total. The van der Waals surface area contributed by atoms with Crippen molar-refractivity contribution in [1.29, 1.82) is 0 Å². The van der Waals surface area contributed by atoms with Crippen molar-refractivity contribution in [3.63, 3.8) is 0 Å². The van der Waals surface area contributed by atoms with Crippen molar-refractivity contribution in [2.75, 3.05) is 4.90 Å². The van der Waals surface area contributed by atoms with Crippen LogP contribution >= 0.6 is 11.8 Å². The van der Waals surface area contributed by atoms with Crippen LogP contribution in [0.2, 0.25) is 0 Å². The molecule has 47 heavy (non-hydrogen) atoms. The minimum Gasteiger partial charge on any atom is -0.458 e. The summed E-state index contributed by atoms with van der Waals surface area (Å²) in [5.74, 6) is 3.40. The summed E-state index contributed by atoms with van der Waals surface area (Å²) in [5, 5.41) is 0. The summed E-state index contributed by atoms with van der Waals surface area (Å²) in [4.78, 5) is 4.77. The first-order chi connectivity index (χ1) is 23.3. The van der Waals surface area contributed by atoms with Crippen molar-refractivity contribution < 1.29 is 9.47 Å². The van der Waals surface area contributed by atoms with E-state index in [1.807, 2.05) is 11.8 Å².